The Bertz CT molecular complexity index is 502. The van der Waals surface area contributed by atoms with E-state index in [2.05, 4.69) is 15.2 Å². The van der Waals surface area contributed by atoms with E-state index in [4.69, 9.17) is 0 Å². The van der Waals surface area contributed by atoms with Gasteiger partial charge in [0, 0.05) is 6.07 Å². The summed E-state index contributed by atoms with van der Waals surface area (Å²) in [4.78, 5) is 2.30. The second-order valence-corrected chi connectivity index (χ2v) is 4.19. The fourth-order valence-electron chi connectivity index (χ4n) is 2.16. The standard InChI is InChI=1S/C11H13FN4/c12-9-3-4-10-11(7-9)16(14-13-10)8-15-5-1-2-6-15/h3-4,7H,1-2,5-6,8H2. The van der Waals surface area contributed by atoms with Crippen molar-refractivity contribution in [1.29, 1.82) is 0 Å². The number of halogens is 1. The van der Waals surface area contributed by atoms with Gasteiger partial charge in [0.1, 0.15) is 11.3 Å². The third-order valence-corrected chi connectivity index (χ3v) is 3.01. The first-order valence-electron chi connectivity index (χ1n) is 5.54. The van der Waals surface area contributed by atoms with E-state index in [1.807, 2.05) is 0 Å². The van der Waals surface area contributed by atoms with Crippen LogP contribution in [0.2, 0.25) is 0 Å². The maximum Gasteiger partial charge on any atom is 0.125 e. The fourth-order valence-corrected chi connectivity index (χ4v) is 2.16. The Morgan fingerprint density at radius 3 is 2.88 bits per heavy atom. The van der Waals surface area contributed by atoms with Crippen molar-refractivity contribution in [3.8, 4) is 0 Å². The van der Waals surface area contributed by atoms with Crippen LogP contribution in [0.3, 0.4) is 0 Å². The van der Waals surface area contributed by atoms with Crippen molar-refractivity contribution in [2.24, 2.45) is 0 Å². The SMILES string of the molecule is Fc1ccc2nnn(CN3CCCC3)c2c1. The molecule has 3 rings (SSSR count). The zero-order valence-electron chi connectivity index (χ0n) is 8.93. The summed E-state index contributed by atoms with van der Waals surface area (Å²) in [5.41, 5.74) is 1.52. The molecule has 0 radical (unpaired) electrons. The van der Waals surface area contributed by atoms with Gasteiger partial charge in [-0.25, -0.2) is 9.07 Å². The highest BCUT2D eigenvalue weighted by atomic mass is 19.1. The smallest absolute Gasteiger partial charge is 0.125 e. The molecule has 1 aliphatic rings. The summed E-state index contributed by atoms with van der Waals surface area (Å²) in [7, 11) is 0. The van der Waals surface area contributed by atoms with E-state index < -0.39 is 0 Å². The zero-order chi connectivity index (χ0) is 11.0. The highest BCUT2D eigenvalue weighted by Crippen LogP contribution is 2.15. The topological polar surface area (TPSA) is 34.0 Å². The van der Waals surface area contributed by atoms with Crippen LogP contribution in [0, 0.1) is 5.82 Å². The summed E-state index contributed by atoms with van der Waals surface area (Å²) in [5, 5.41) is 8.08. The van der Waals surface area contributed by atoms with Crippen molar-refractivity contribution >= 4 is 11.0 Å². The van der Waals surface area contributed by atoms with Crippen LogP contribution in [-0.2, 0) is 6.67 Å². The molecule has 0 N–H and O–H groups in total. The maximum absolute atomic E-state index is 13.1. The molecule has 0 bridgehead atoms. The molecule has 5 heteroatoms. The molecule has 4 nitrogen and oxygen atoms in total. The highest BCUT2D eigenvalue weighted by molar-refractivity contribution is 5.73. The van der Waals surface area contributed by atoms with Crippen LogP contribution in [0.15, 0.2) is 18.2 Å². The lowest BCUT2D eigenvalue weighted by Crippen LogP contribution is -2.23. The van der Waals surface area contributed by atoms with Crippen LogP contribution in [-0.4, -0.2) is 33.0 Å². The minimum Gasteiger partial charge on any atom is -0.284 e. The average Bonchev–Trinajstić information content (AvgIpc) is 2.90. The Morgan fingerprint density at radius 2 is 2.06 bits per heavy atom. The summed E-state index contributed by atoms with van der Waals surface area (Å²) >= 11 is 0. The highest BCUT2D eigenvalue weighted by Gasteiger charge is 2.14. The van der Waals surface area contributed by atoms with E-state index >= 15 is 0 Å². The van der Waals surface area contributed by atoms with E-state index in [0.717, 1.165) is 24.1 Å². The molecule has 1 aromatic carbocycles. The number of benzene rings is 1. The number of likely N-dealkylation sites (tertiary alicyclic amines) is 1. The summed E-state index contributed by atoms with van der Waals surface area (Å²) in [6.07, 6.45) is 2.47. The van der Waals surface area contributed by atoms with Gasteiger partial charge in [-0.05, 0) is 38.1 Å². The lowest BCUT2D eigenvalue weighted by Gasteiger charge is -2.14. The van der Waals surface area contributed by atoms with Crippen LogP contribution in [0.4, 0.5) is 4.39 Å². The molecule has 1 aliphatic heterocycles. The number of hydrogen-bond acceptors (Lipinski definition) is 3. The van der Waals surface area contributed by atoms with E-state index in [1.54, 1.807) is 10.7 Å². The predicted octanol–water partition coefficient (Wildman–Crippen LogP) is 1.62. The van der Waals surface area contributed by atoms with Crippen molar-refractivity contribution in [2.45, 2.75) is 19.5 Å². The second-order valence-electron chi connectivity index (χ2n) is 4.19. The van der Waals surface area contributed by atoms with Gasteiger partial charge in [0.05, 0.1) is 12.2 Å². The molecule has 0 unspecified atom stereocenters. The van der Waals surface area contributed by atoms with Gasteiger partial charge in [-0.2, -0.15) is 0 Å². The fraction of sp³-hybridized carbons (Fsp3) is 0.455. The van der Waals surface area contributed by atoms with Crippen molar-refractivity contribution in [3.63, 3.8) is 0 Å². The van der Waals surface area contributed by atoms with Gasteiger partial charge in [0.15, 0.2) is 0 Å². The van der Waals surface area contributed by atoms with E-state index in [1.165, 1.54) is 25.0 Å². The van der Waals surface area contributed by atoms with Crippen LogP contribution in [0.1, 0.15) is 12.8 Å². The normalized spacial score (nSPS) is 17.3. The Labute approximate surface area is 92.7 Å². The number of aromatic nitrogens is 3. The molecule has 0 aliphatic carbocycles. The van der Waals surface area contributed by atoms with Crippen molar-refractivity contribution in [2.75, 3.05) is 13.1 Å². The van der Waals surface area contributed by atoms with Gasteiger partial charge in [-0.3, -0.25) is 4.90 Å². The van der Waals surface area contributed by atoms with Gasteiger partial charge >= 0.3 is 0 Å². The third kappa shape index (κ3) is 1.67. The maximum atomic E-state index is 13.1. The second kappa shape index (κ2) is 3.83. The summed E-state index contributed by atoms with van der Waals surface area (Å²) in [6, 6.07) is 4.57. The molecule has 0 atom stereocenters. The Kier molecular flexibility index (Phi) is 2.32. The first kappa shape index (κ1) is 9.72. The molecular weight excluding hydrogens is 207 g/mol. The van der Waals surface area contributed by atoms with Crippen molar-refractivity contribution < 1.29 is 4.39 Å². The van der Waals surface area contributed by atoms with Gasteiger partial charge < -0.3 is 0 Å². The largest absolute Gasteiger partial charge is 0.284 e. The molecular formula is C11H13FN4. The predicted molar refractivity (Wildman–Crippen MR) is 58.3 cm³/mol. The zero-order valence-corrected chi connectivity index (χ0v) is 8.93. The number of fused-ring (bicyclic) bond motifs is 1. The van der Waals surface area contributed by atoms with Crippen LogP contribution >= 0.6 is 0 Å². The van der Waals surface area contributed by atoms with E-state index in [0.29, 0.717) is 6.67 Å². The lowest BCUT2D eigenvalue weighted by molar-refractivity contribution is 0.257. The molecule has 2 aromatic rings. The first-order valence-corrected chi connectivity index (χ1v) is 5.54. The van der Waals surface area contributed by atoms with E-state index in [9.17, 15) is 4.39 Å². The molecule has 1 aromatic heterocycles. The van der Waals surface area contributed by atoms with E-state index in [-0.39, 0.29) is 5.82 Å². The van der Waals surface area contributed by atoms with Crippen molar-refractivity contribution in [1.82, 2.24) is 19.9 Å². The van der Waals surface area contributed by atoms with Gasteiger partial charge in [0.2, 0.25) is 0 Å². The molecule has 1 saturated heterocycles. The molecule has 0 amide bonds. The molecule has 0 saturated carbocycles. The summed E-state index contributed by atoms with van der Waals surface area (Å²) in [5.74, 6) is -0.238. The number of hydrogen-bond donors (Lipinski definition) is 0. The number of nitrogens with zero attached hydrogens (tertiary/aromatic N) is 4. The molecule has 16 heavy (non-hydrogen) atoms. The minimum absolute atomic E-state index is 0.238. The molecule has 2 heterocycles. The summed E-state index contributed by atoms with van der Waals surface area (Å²) in [6.45, 7) is 2.90. The quantitative estimate of drug-likeness (QED) is 0.771. The molecule has 0 spiro atoms. The van der Waals surface area contributed by atoms with Crippen LogP contribution < -0.4 is 0 Å². The van der Waals surface area contributed by atoms with Gasteiger partial charge in [-0.1, -0.05) is 5.21 Å². The monoisotopic (exact) mass is 220 g/mol. The van der Waals surface area contributed by atoms with Crippen molar-refractivity contribution in [3.05, 3.63) is 24.0 Å². The Balaban J connectivity index is 1.93. The molecule has 1 fully saturated rings. The lowest BCUT2D eigenvalue weighted by atomic mass is 10.3. The minimum atomic E-state index is -0.238. The average molecular weight is 220 g/mol. The Hall–Kier alpha value is -1.49. The third-order valence-electron chi connectivity index (χ3n) is 3.01. The van der Waals surface area contributed by atoms with Crippen LogP contribution in [0.5, 0.6) is 0 Å². The number of rotatable bonds is 2. The summed E-state index contributed by atoms with van der Waals surface area (Å²) < 4.78 is 14.9. The van der Waals surface area contributed by atoms with Gasteiger partial charge in [-0.15, -0.1) is 5.10 Å². The van der Waals surface area contributed by atoms with Gasteiger partial charge in [0.25, 0.3) is 0 Å². The Morgan fingerprint density at radius 1 is 1.25 bits per heavy atom. The molecule has 84 valence electrons. The first-order chi connectivity index (χ1) is 7.83. The van der Waals surface area contributed by atoms with Crippen LogP contribution in [0.25, 0.3) is 11.0 Å².